The van der Waals surface area contributed by atoms with Gasteiger partial charge in [0.1, 0.15) is 6.10 Å². The van der Waals surface area contributed by atoms with Gasteiger partial charge in [0, 0.05) is 16.0 Å². The van der Waals surface area contributed by atoms with Crippen molar-refractivity contribution in [1.29, 1.82) is 0 Å². The minimum absolute atomic E-state index is 0.0504. The molecule has 0 amide bonds. The van der Waals surface area contributed by atoms with Gasteiger partial charge in [-0.15, -0.1) is 13.2 Å². The number of hydrogen-bond donors (Lipinski definition) is 0. The zero-order valence-electron chi connectivity index (χ0n) is 14.3. The Labute approximate surface area is 164 Å². The smallest absolute Gasteiger partial charge is 0.316 e. The second-order valence-corrected chi connectivity index (χ2v) is 7.47. The Kier molecular flexibility index (Phi) is 5.55. The molecule has 0 saturated carbocycles. The molecule has 0 radical (unpaired) electrons. The Hall–Kier alpha value is -2.03. The van der Waals surface area contributed by atoms with Crippen LogP contribution in [0.2, 0.25) is 10.0 Å². The normalized spacial score (nSPS) is 25.4. The van der Waals surface area contributed by atoms with Crippen molar-refractivity contribution in [3.05, 3.63) is 95.0 Å². The van der Waals surface area contributed by atoms with Crippen molar-refractivity contribution in [2.24, 2.45) is 5.41 Å². The number of carbonyl (C=O) groups is 1. The summed E-state index contributed by atoms with van der Waals surface area (Å²) in [7, 11) is 0. The summed E-state index contributed by atoms with van der Waals surface area (Å²) in [6.07, 6.45) is 4.08. The van der Waals surface area contributed by atoms with Crippen molar-refractivity contribution < 1.29 is 9.53 Å². The van der Waals surface area contributed by atoms with Crippen LogP contribution in [0.15, 0.2) is 73.8 Å². The number of allylic oxidation sites excluding steroid dienone is 1. The Bertz CT molecular complexity index is 828. The minimum atomic E-state index is -0.780. The lowest BCUT2D eigenvalue weighted by Crippen LogP contribution is -2.40. The molecule has 0 aliphatic carbocycles. The fraction of sp³-hybridized carbons (Fsp3) is 0.227. The van der Waals surface area contributed by atoms with E-state index in [4.69, 9.17) is 27.9 Å². The molecule has 1 saturated heterocycles. The molecule has 4 heteroatoms. The van der Waals surface area contributed by atoms with Gasteiger partial charge < -0.3 is 4.74 Å². The summed E-state index contributed by atoms with van der Waals surface area (Å²) in [5, 5.41) is 1.30. The standard InChI is InChI=1S/C22H20Cl2O2/c1-3-12-22(4-2)14-19(16-6-5-7-18(24)13-16)20(26-21(22)25)15-8-10-17(23)11-9-15/h3-11,13,19-20H,1-2,12,14H2/t19-,20+,22+/m1/s1. The monoisotopic (exact) mass is 386 g/mol. The van der Waals surface area contributed by atoms with Crippen LogP contribution in [0.3, 0.4) is 0 Å². The molecule has 0 aromatic heterocycles. The van der Waals surface area contributed by atoms with Crippen molar-refractivity contribution in [3.63, 3.8) is 0 Å². The highest BCUT2D eigenvalue weighted by Crippen LogP contribution is 2.50. The molecule has 1 heterocycles. The lowest BCUT2D eigenvalue weighted by Gasteiger charge is -2.41. The highest BCUT2D eigenvalue weighted by atomic mass is 35.5. The van der Waals surface area contributed by atoms with Crippen molar-refractivity contribution in [1.82, 2.24) is 0 Å². The molecule has 1 aliphatic rings. The average Bonchev–Trinajstić information content (AvgIpc) is 2.64. The Morgan fingerprint density at radius 1 is 1.08 bits per heavy atom. The van der Waals surface area contributed by atoms with Gasteiger partial charge in [-0.3, -0.25) is 4.79 Å². The molecule has 0 unspecified atom stereocenters. The zero-order valence-corrected chi connectivity index (χ0v) is 15.8. The topological polar surface area (TPSA) is 26.3 Å². The molecular formula is C22H20Cl2O2. The molecule has 0 N–H and O–H groups in total. The number of esters is 1. The molecule has 2 aromatic carbocycles. The van der Waals surface area contributed by atoms with E-state index in [1.54, 1.807) is 24.3 Å². The first-order valence-electron chi connectivity index (χ1n) is 8.45. The number of halogens is 2. The molecule has 134 valence electrons. The van der Waals surface area contributed by atoms with Crippen LogP contribution in [0.1, 0.15) is 36.0 Å². The van der Waals surface area contributed by atoms with E-state index in [9.17, 15) is 4.79 Å². The van der Waals surface area contributed by atoms with E-state index in [0.29, 0.717) is 22.9 Å². The number of benzene rings is 2. The van der Waals surface area contributed by atoms with Crippen LogP contribution >= 0.6 is 23.2 Å². The maximum absolute atomic E-state index is 12.8. The van der Waals surface area contributed by atoms with Crippen LogP contribution in [0.5, 0.6) is 0 Å². The van der Waals surface area contributed by atoms with Crippen LogP contribution < -0.4 is 0 Å². The summed E-state index contributed by atoms with van der Waals surface area (Å²) in [6.45, 7) is 7.68. The van der Waals surface area contributed by atoms with Gasteiger partial charge in [-0.05, 0) is 48.2 Å². The number of hydrogen-bond acceptors (Lipinski definition) is 2. The van der Waals surface area contributed by atoms with Crippen LogP contribution in [-0.4, -0.2) is 5.97 Å². The summed E-state index contributed by atoms with van der Waals surface area (Å²) in [5.41, 5.74) is 1.15. The number of carbonyl (C=O) groups excluding carboxylic acids is 1. The molecule has 0 bridgehead atoms. The first-order valence-corrected chi connectivity index (χ1v) is 9.21. The van der Waals surface area contributed by atoms with Crippen molar-refractivity contribution >= 4 is 29.2 Å². The molecule has 1 aliphatic heterocycles. The van der Waals surface area contributed by atoms with E-state index < -0.39 is 11.5 Å². The predicted molar refractivity (Wildman–Crippen MR) is 107 cm³/mol. The van der Waals surface area contributed by atoms with Gasteiger partial charge in [-0.1, -0.05) is 59.6 Å². The van der Waals surface area contributed by atoms with Gasteiger partial charge in [-0.25, -0.2) is 0 Å². The zero-order chi connectivity index (χ0) is 18.7. The molecular weight excluding hydrogens is 367 g/mol. The molecule has 2 nitrogen and oxygen atoms in total. The molecule has 0 spiro atoms. The lowest BCUT2D eigenvalue weighted by molar-refractivity contribution is -0.169. The maximum Gasteiger partial charge on any atom is 0.316 e. The van der Waals surface area contributed by atoms with Gasteiger partial charge in [0.2, 0.25) is 0 Å². The predicted octanol–water partition coefficient (Wildman–Crippen LogP) is 6.51. The molecule has 2 aromatic rings. The van der Waals surface area contributed by atoms with E-state index in [1.807, 2.05) is 36.4 Å². The minimum Gasteiger partial charge on any atom is -0.456 e. The second-order valence-electron chi connectivity index (χ2n) is 6.60. The van der Waals surface area contributed by atoms with Gasteiger partial charge in [0.15, 0.2) is 0 Å². The number of cyclic esters (lactones) is 1. The highest BCUT2D eigenvalue weighted by molar-refractivity contribution is 6.30. The van der Waals surface area contributed by atoms with Crippen LogP contribution in [0, 0.1) is 5.41 Å². The summed E-state index contributed by atoms with van der Waals surface area (Å²) in [4.78, 5) is 12.8. The fourth-order valence-corrected chi connectivity index (χ4v) is 3.88. The third-order valence-electron chi connectivity index (χ3n) is 4.96. The van der Waals surface area contributed by atoms with Crippen molar-refractivity contribution in [3.8, 4) is 0 Å². The van der Waals surface area contributed by atoms with Crippen molar-refractivity contribution in [2.45, 2.75) is 24.9 Å². The molecule has 26 heavy (non-hydrogen) atoms. The van der Waals surface area contributed by atoms with Gasteiger partial charge >= 0.3 is 5.97 Å². The quantitative estimate of drug-likeness (QED) is 0.432. The van der Waals surface area contributed by atoms with Crippen molar-refractivity contribution in [2.75, 3.05) is 0 Å². The molecule has 3 atom stereocenters. The average molecular weight is 387 g/mol. The lowest BCUT2D eigenvalue weighted by atomic mass is 9.70. The first kappa shape index (κ1) is 18.8. The molecule has 3 rings (SSSR count). The largest absolute Gasteiger partial charge is 0.456 e. The van der Waals surface area contributed by atoms with Gasteiger partial charge in [0.25, 0.3) is 0 Å². The van der Waals surface area contributed by atoms with Crippen LogP contribution in [0.25, 0.3) is 0 Å². The summed E-state index contributed by atoms with van der Waals surface area (Å²) >= 11 is 12.2. The third kappa shape index (κ3) is 3.58. The first-order chi connectivity index (χ1) is 12.5. The van der Waals surface area contributed by atoms with E-state index in [-0.39, 0.29) is 11.9 Å². The summed E-state index contributed by atoms with van der Waals surface area (Å²) in [5.74, 6) is -0.323. The number of ether oxygens (including phenoxy) is 1. The Morgan fingerprint density at radius 3 is 2.42 bits per heavy atom. The van der Waals surface area contributed by atoms with E-state index >= 15 is 0 Å². The highest BCUT2D eigenvalue weighted by Gasteiger charge is 2.47. The summed E-state index contributed by atoms with van der Waals surface area (Å²) in [6, 6.07) is 15.1. The van der Waals surface area contributed by atoms with E-state index in [2.05, 4.69) is 13.2 Å². The number of rotatable bonds is 5. The van der Waals surface area contributed by atoms with Crippen LogP contribution in [-0.2, 0) is 9.53 Å². The maximum atomic E-state index is 12.8. The Morgan fingerprint density at radius 2 is 1.81 bits per heavy atom. The van der Waals surface area contributed by atoms with Crippen LogP contribution in [0.4, 0.5) is 0 Å². The third-order valence-corrected chi connectivity index (χ3v) is 5.45. The fourth-order valence-electron chi connectivity index (χ4n) is 3.55. The molecule has 1 fully saturated rings. The SMILES string of the molecule is C=CC[C@@]1(C=C)C[C@H](c2cccc(Cl)c2)[C@H](c2ccc(Cl)cc2)OC1=O. The van der Waals surface area contributed by atoms with Gasteiger partial charge in [0.05, 0.1) is 5.41 Å². The summed E-state index contributed by atoms with van der Waals surface area (Å²) < 4.78 is 5.93. The second kappa shape index (κ2) is 7.69. The van der Waals surface area contributed by atoms with E-state index in [1.165, 1.54) is 0 Å². The van der Waals surface area contributed by atoms with E-state index in [0.717, 1.165) is 11.1 Å². The van der Waals surface area contributed by atoms with Gasteiger partial charge in [-0.2, -0.15) is 0 Å². The Balaban J connectivity index is 2.07.